The Morgan fingerprint density at radius 2 is 1.10 bits per heavy atom. The quantitative estimate of drug-likeness (QED) is 0.254. The minimum atomic E-state index is -0.0412. The lowest BCUT2D eigenvalue weighted by atomic mass is 10.0. The molecule has 7 aromatic rings. The summed E-state index contributed by atoms with van der Waals surface area (Å²) < 4.78 is 3.34. The van der Waals surface area contributed by atoms with Crippen LogP contribution in [0.3, 0.4) is 0 Å². The van der Waals surface area contributed by atoms with Crippen molar-refractivity contribution in [3.8, 4) is 45.3 Å². The van der Waals surface area contributed by atoms with Crippen LogP contribution in [0, 0.1) is 0 Å². The highest BCUT2D eigenvalue weighted by atomic mass is 16.1. The van der Waals surface area contributed by atoms with Crippen molar-refractivity contribution in [1.82, 2.24) is 24.1 Å². The summed E-state index contributed by atoms with van der Waals surface area (Å²) in [6.07, 6.45) is 0. The molecule has 0 unspecified atom stereocenters. The van der Waals surface area contributed by atoms with Crippen molar-refractivity contribution in [2.24, 2.45) is 14.1 Å². The van der Waals surface area contributed by atoms with Crippen LogP contribution < -0.4 is 5.69 Å². The van der Waals surface area contributed by atoms with Gasteiger partial charge in [0, 0.05) is 30.8 Å². The van der Waals surface area contributed by atoms with E-state index < -0.39 is 0 Å². The maximum atomic E-state index is 12.5. The van der Waals surface area contributed by atoms with Gasteiger partial charge in [-0.1, -0.05) is 97.1 Å². The summed E-state index contributed by atoms with van der Waals surface area (Å²) >= 11 is 0. The van der Waals surface area contributed by atoms with E-state index in [2.05, 4.69) is 42.5 Å². The average Bonchev–Trinajstić information content (AvgIpc) is 3.24. The third-order valence-corrected chi connectivity index (χ3v) is 7.42. The van der Waals surface area contributed by atoms with Crippen LogP contribution in [0.1, 0.15) is 0 Å². The molecule has 192 valence electrons. The van der Waals surface area contributed by atoms with Gasteiger partial charge >= 0.3 is 5.69 Å². The Morgan fingerprint density at radius 1 is 0.500 bits per heavy atom. The third-order valence-electron chi connectivity index (χ3n) is 7.42. The van der Waals surface area contributed by atoms with Gasteiger partial charge < -0.3 is 0 Å². The van der Waals surface area contributed by atoms with Crippen LogP contribution in [0.4, 0.5) is 0 Å². The summed E-state index contributed by atoms with van der Waals surface area (Å²) in [5.41, 5.74) is 6.56. The molecule has 7 rings (SSSR count). The van der Waals surface area contributed by atoms with Gasteiger partial charge in [0.2, 0.25) is 0 Å². The van der Waals surface area contributed by atoms with E-state index in [0.29, 0.717) is 17.5 Å². The van der Waals surface area contributed by atoms with E-state index in [0.717, 1.165) is 49.6 Å². The molecule has 0 aliphatic carbocycles. The number of aryl methyl sites for hydroxylation is 2. The molecular formula is C34H25N5O. The van der Waals surface area contributed by atoms with Gasteiger partial charge in [-0.05, 0) is 40.1 Å². The smallest absolute Gasteiger partial charge is 0.295 e. The van der Waals surface area contributed by atoms with Crippen LogP contribution in [0.5, 0.6) is 0 Å². The first-order valence-electron chi connectivity index (χ1n) is 13.1. The first kappa shape index (κ1) is 23.7. The Kier molecular flexibility index (Phi) is 5.60. The van der Waals surface area contributed by atoms with Gasteiger partial charge in [0.05, 0.1) is 11.0 Å². The van der Waals surface area contributed by atoms with E-state index in [1.54, 1.807) is 23.2 Å². The molecule has 2 aromatic heterocycles. The third kappa shape index (κ3) is 3.98. The number of fused-ring (bicyclic) bond motifs is 2. The van der Waals surface area contributed by atoms with Gasteiger partial charge in [0.1, 0.15) is 0 Å². The van der Waals surface area contributed by atoms with E-state index in [4.69, 9.17) is 15.0 Å². The van der Waals surface area contributed by atoms with Crippen LogP contribution in [0.15, 0.2) is 120 Å². The predicted molar refractivity (Wildman–Crippen MR) is 161 cm³/mol. The molecule has 0 fully saturated rings. The summed E-state index contributed by atoms with van der Waals surface area (Å²) in [4.78, 5) is 27.3. The Labute approximate surface area is 230 Å². The zero-order chi connectivity index (χ0) is 27.2. The van der Waals surface area contributed by atoms with Crippen molar-refractivity contribution < 1.29 is 0 Å². The Morgan fingerprint density at radius 3 is 1.95 bits per heavy atom. The van der Waals surface area contributed by atoms with E-state index in [1.807, 2.05) is 72.8 Å². The van der Waals surface area contributed by atoms with Crippen LogP contribution in [-0.4, -0.2) is 24.1 Å². The molecule has 0 saturated carbocycles. The molecule has 40 heavy (non-hydrogen) atoms. The van der Waals surface area contributed by atoms with Crippen LogP contribution in [0.25, 0.3) is 67.1 Å². The topological polar surface area (TPSA) is 65.6 Å². The Balaban J connectivity index is 1.40. The van der Waals surface area contributed by atoms with Gasteiger partial charge in [-0.2, -0.15) is 0 Å². The van der Waals surface area contributed by atoms with Crippen molar-refractivity contribution in [3.63, 3.8) is 0 Å². The molecule has 0 N–H and O–H groups in total. The second kappa shape index (κ2) is 9.43. The van der Waals surface area contributed by atoms with Gasteiger partial charge in [-0.25, -0.2) is 19.7 Å². The SMILES string of the molecule is Cn1c(=O)n(C)c2cc(-c3cccc(-c4nc(-c5ccccc5)nc(-c5cccc6ccccc56)n4)c3)ccc21. The first-order chi connectivity index (χ1) is 19.6. The number of benzene rings is 5. The average molecular weight is 520 g/mol. The van der Waals surface area contributed by atoms with Crippen LogP contribution in [0.2, 0.25) is 0 Å². The van der Waals surface area contributed by atoms with E-state index in [9.17, 15) is 4.79 Å². The molecule has 0 amide bonds. The van der Waals surface area contributed by atoms with Crippen molar-refractivity contribution in [3.05, 3.63) is 126 Å². The number of aromatic nitrogens is 5. The molecule has 0 aliphatic heterocycles. The Hall–Kier alpha value is -5.36. The van der Waals surface area contributed by atoms with Gasteiger partial charge in [0.25, 0.3) is 0 Å². The molecule has 6 heteroatoms. The van der Waals surface area contributed by atoms with Gasteiger partial charge in [-0.3, -0.25) is 9.13 Å². The summed E-state index contributed by atoms with van der Waals surface area (Å²) in [6, 6.07) is 38.8. The normalized spacial score (nSPS) is 11.3. The largest absolute Gasteiger partial charge is 0.328 e. The fraction of sp³-hybridized carbons (Fsp3) is 0.0588. The second-order valence-corrected chi connectivity index (χ2v) is 9.88. The summed E-state index contributed by atoms with van der Waals surface area (Å²) in [7, 11) is 3.60. The van der Waals surface area contributed by atoms with Crippen LogP contribution in [-0.2, 0) is 14.1 Å². The zero-order valence-electron chi connectivity index (χ0n) is 22.1. The van der Waals surface area contributed by atoms with Crippen molar-refractivity contribution in [2.45, 2.75) is 0 Å². The maximum Gasteiger partial charge on any atom is 0.328 e. The van der Waals surface area contributed by atoms with Crippen molar-refractivity contribution >= 4 is 21.8 Å². The monoisotopic (exact) mass is 519 g/mol. The van der Waals surface area contributed by atoms with Gasteiger partial charge in [0.15, 0.2) is 17.5 Å². The van der Waals surface area contributed by atoms with Crippen LogP contribution >= 0.6 is 0 Å². The maximum absolute atomic E-state index is 12.5. The highest BCUT2D eigenvalue weighted by molar-refractivity contribution is 5.95. The number of hydrogen-bond donors (Lipinski definition) is 0. The highest BCUT2D eigenvalue weighted by Gasteiger charge is 2.15. The molecule has 2 heterocycles. The van der Waals surface area contributed by atoms with Crippen molar-refractivity contribution in [1.29, 1.82) is 0 Å². The van der Waals surface area contributed by atoms with E-state index >= 15 is 0 Å². The molecular weight excluding hydrogens is 494 g/mol. The summed E-state index contributed by atoms with van der Waals surface area (Å²) in [5, 5.41) is 2.23. The minimum Gasteiger partial charge on any atom is -0.295 e. The predicted octanol–water partition coefficient (Wildman–Crippen LogP) is 6.88. The van der Waals surface area contributed by atoms with Gasteiger partial charge in [-0.15, -0.1) is 0 Å². The molecule has 0 atom stereocenters. The fourth-order valence-corrected chi connectivity index (χ4v) is 5.29. The second-order valence-electron chi connectivity index (χ2n) is 9.88. The molecule has 6 nitrogen and oxygen atoms in total. The fourth-order valence-electron chi connectivity index (χ4n) is 5.29. The lowest BCUT2D eigenvalue weighted by Gasteiger charge is -2.11. The lowest BCUT2D eigenvalue weighted by Crippen LogP contribution is -2.19. The minimum absolute atomic E-state index is 0.0412. The zero-order valence-corrected chi connectivity index (χ0v) is 22.1. The summed E-state index contributed by atoms with van der Waals surface area (Å²) in [6.45, 7) is 0. The number of imidazole rings is 1. The molecule has 0 radical (unpaired) electrons. The molecule has 0 saturated heterocycles. The van der Waals surface area contributed by atoms with Crippen molar-refractivity contribution in [2.75, 3.05) is 0 Å². The number of hydrogen-bond acceptors (Lipinski definition) is 4. The summed E-state index contributed by atoms with van der Waals surface area (Å²) in [5.74, 6) is 1.86. The molecule has 0 spiro atoms. The standard InChI is InChI=1S/C34H25N5O/c1-38-29-19-18-25(21-30(29)39(2)34(38)40)24-14-8-15-26(20-24)32-35-31(23-11-4-3-5-12-23)36-33(37-32)28-17-9-13-22-10-6-7-16-27(22)28/h3-21H,1-2H3. The lowest BCUT2D eigenvalue weighted by molar-refractivity contribution is 0.795. The molecule has 5 aromatic carbocycles. The van der Waals surface area contributed by atoms with E-state index in [1.165, 1.54) is 0 Å². The first-order valence-corrected chi connectivity index (χ1v) is 13.1. The highest BCUT2D eigenvalue weighted by Crippen LogP contribution is 2.31. The Bertz CT molecular complexity index is 2100. The molecule has 0 bridgehead atoms. The number of rotatable bonds is 4. The van der Waals surface area contributed by atoms with E-state index in [-0.39, 0.29) is 5.69 Å². The molecule has 0 aliphatic rings. The number of nitrogens with zero attached hydrogens (tertiary/aromatic N) is 5.